The highest BCUT2D eigenvalue weighted by atomic mass is 16.5. The van der Waals surface area contributed by atoms with Gasteiger partial charge < -0.3 is 24.6 Å². The van der Waals surface area contributed by atoms with Gasteiger partial charge >= 0.3 is 0 Å². The van der Waals surface area contributed by atoms with Gasteiger partial charge in [-0.3, -0.25) is 4.99 Å². The number of nitrogens with zero attached hydrogens (tertiary/aromatic N) is 3. The van der Waals surface area contributed by atoms with E-state index in [4.69, 9.17) is 9.47 Å². The Morgan fingerprint density at radius 1 is 1.30 bits per heavy atom. The number of nitrogens with one attached hydrogen (secondary N) is 1. The number of methoxy groups -OCH3 is 1. The fourth-order valence-electron chi connectivity index (χ4n) is 3.46. The van der Waals surface area contributed by atoms with Gasteiger partial charge in [0, 0.05) is 53.4 Å². The zero-order valence-electron chi connectivity index (χ0n) is 15.1. The van der Waals surface area contributed by atoms with Crippen LogP contribution in [0.15, 0.2) is 4.99 Å². The van der Waals surface area contributed by atoms with Gasteiger partial charge in [-0.1, -0.05) is 0 Å². The van der Waals surface area contributed by atoms with Crippen LogP contribution in [0.25, 0.3) is 0 Å². The highest BCUT2D eigenvalue weighted by Gasteiger charge is 2.21. The lowest BCUT2D eigenvalue weighted by Gasteiger charge is -2.33. The third-order valence-electron chi connectivity index (χ3n) is 5.00. The summed E-state index contributed by atoms with van der Waals surface area (Å²) in [6.07, 6.45) is 3.68. The van der Waals surface area contributed by atoms with Gasteiger partial charge in [-0.25, -0.2) is 0 Å². The summed E-state index contributed by atoms with van der Waals surface area (Å²) in [6, 6.07) is 0. The smallest absolute Gasteiger partial charge is 0.193 e. The topological polar surface area (TPSA) is 49.3 Å². The van der Waals surface area contributed by atoms with E-state index >= 15 is 0 Å². The van der Waals surface area contributed by atoms with Gasteiger partial charge in [-0.05, 0) is 38.3 Å². The minimum Gasteiger partial charge on any atom is -0.383 e. The van der Waals surface area contributed by atoms with E-state index in [0.29, 0.717) is 5.92 Å². The lowest BCUT2D eigenvalue weighted by Crippen LogP contribution is -2.45. The second-order valence-electron chi connectivity index (χ2n) is 6.82. The maximum Gasteiger partial charge on any atom is 0.193 e. The normalized spacial score (nSPS) is 24.1. The van der Waals surface area contributed by atoms with Crippen LogP contribution in [0.1, 0.15) is 19.3 Å². The molecule has 0 bridgehead atoms. The Hall–Kier alpha value is -0.850. The maximum absolute atomic E-state index is 5.46. The summed E-state index contributed by atoms with van der Waals surface area (Å²) in [6.45, 7) is 8.11. The molecule has 1 N–H and O–H groups in total. The fourth-order valence-corrected chi connectivity index (χ4v) is 3.46. The number of piperidine rings is 1. The monoisotopic (exact) mass is 326 g/mol. The molecule has 6 nitrogen and oxygen atoms in total. The van der Waals surface area contributed by atoms with Crippen LogP contribution in [0.2, 0.25) is 0 Å². The molecule has 0 amide bonds. The SMILES string of the molecule is CN=C(NCC1CCN(CCOC)CC1)N(C)CC1CCOC1. The van der Waals surface area contributed by atoms with E-state index in [0.717, 1.165) is 51.3 Å². The van der Waals surface area contributed by atoms with Crippen molar-refractivity contribution in [1.82, 2.24) is 15.1 Å². The third-order valence-corrected chi connectivity index (χ3v) is 5.00. The number of aliphatic imine (C=N–C) groups is 1. The first-order valence-electron chi connectivity index (χ1n) is 8.93. The van der Waals surface area contributed by atoms with Crippen molar-refractivity contribution in [3.63, 3.8) is 0 Å². The Labute approximate surface area is 141 Å². The number of likely N-dealkylation sites (tertiary alicyclic amines) is 1. The van der Waals surface area contributed by atoms with Crippen LogP contribution in [-0.4, -0.2) is 89.5 Å². The molecule has 0 radical (unpaired) electrons. The molecule has 2 heterocycles. The van der Waals surface area contributed by atoms with Crippen LogP contribution in [0, 0.1) is 11.8 Å². The molecule has 2 fully saturated rings. The highest BCUT2D eigenvalue weighted by Crippen LogP contribution is 2.16. The van der Waals surface area contributed by atoms with Crippen molar-refractivity contribution in [2.75, 3.05) is 73.7 Å². The molecule has 0 aromatic carbocycles. The Balaban J connectivity index is 1.65. The van der Waals surface area contributed by atoms with Crippen LogP contribution in [-0.2, 0) is 9.47 Å². The zero-order valence-corrected chi connectivity index (χ0v) is 15.1. The van der Waals surface area contributed by atoms with E-state index in [2.05, 4.69) is 27.2 Å². The lowest BCUT2D eigenvalue weighted by atomic mass is 9.97. The molecule has 0 spiro atoms. The lowest BCUT2D eigenvalue weighted by molar-refractivity contribution is 0.120. The molecule has 1 unspecified atom stereocenters. The van der Waals surface area contributed by atoms with E-state index in [1.54, 1.807) is 7.11 Å². The number of rotatable bonds is 7. The van der Waals surface area contributed by atoms with E-state index in [9.17, 15) is 0 Å². The Kier molecular flexibility index (Phi) is 8.12. The quantitative estimate of drug-likeness (QED) is 0.556. The predicted octanol–water partition coefficient (Wildman–Crippen LogP) is 0.889. The molecule has 6 heteroatoms. The molecule has 0 aromatic rings. The van der Waals surface area contributed by atoms with Crippen LogP contribution >= 0.6 is 0 Å². The molecule has 2 aliphatic heterocycles. The van der Waals surface area contributed by atoms with Gasteiger partial charge in [0.05, 0.1) is 13.2 Å². The minimum absolute atomic E-state index is 0.641. The fraction of sp³-hybridized carbons (Fsp3) is 0.941. The summed E-state index contributed by atoms with van der Waals surface area (Å²) in [5, 5.41) is 3.56. The van der Waals surface area contributed by atoms with Gasteiger partial charge in [-0.15, -0.1) is 0 Å². The molecule has 0 saturated carbocycles. The number of guanidine groups is 1. The highest BCUT2D eigenvalue weighted by molar-refractivity contribution is 5.79. The van der Waals surface area contributed by atoms with E-state index in [-0.39, 0.29) is 0 Å². The molecule has 2 rings (SSSR count). The summed E-state index contributed by atoms with van der Waals surface area (Å²) in [5.74, 6) is 2.40. The molecule has 0 aliphatic carbocycles. The van der Waals surface area contributed by atoms with Gasteiger partial charge in [0.25, 0.3) is 0 Å². The Morgan fingerprint density at radius 2 is 2.09 bits per heavy atom. The minimum atomic E-state index is 0.641. The Morgan fingerprint density at radius 3 is 2.70 bits per heavy atom. The van der Waals surface area contributed by atoms with Crippen LogP contribution in [0.3, 0.4) is 0 Å². The first kappa shape index (κ1) is 18.5. The second kappa shape index (κ2) is 10.1. The van der Waals surface area contributed by atoms with Crippen molar-refractivity contribution in [2.45, 2.75) is 19.3 Å². The summed E-state index contributed by atoms with van der Waals surface area (Å²) >= 11 is 0. The average molecular weight is 326 g/mol. The third kappa shape index (κ3) is 6.28. The van der Waals surface area contributed by atoms with Gasteiger partial charge in [0.15, 0.2) is 5.96 Å². The van der Waals surface area contributed by atoms with Gasteiger partial charge in [0.2, 0.25) is 0 Å². The molecule has 2 aliphatic rings. The van der Waals surface area contributed by atoms with Gasteiger partial charge in [0.1, 0.15) is 0 Å². The molecule has 134 valence electrons. The largest absolute Gasteiger partial charge is 0.383 e. The number of ether oxygens (including phenoxy) is 2. The van der Waals surface area contributed by atoms with E-state index in [1.165, 1.54) is 32.4 Å². The van der Waals surface area contributed by atoms with Crippen molar-refractivity contribution >= 4 is 5.96 Å². The number of hydrogen-bond acceptors (Lipinski definition) is 4. The molecular weight excluding hydrogens is 292 g/mol. The van der Waals surface area contributed by atoms with Crippen molar-refractivity contribution in [2.24, 2.45) is 16.8 Å². The summed E-state index contributed by atoms with van der Waals surface area (Å²) < 4.78 is 10.6. The second-order valence-corrected chi connectivity index (χ2v) is 6.82. The molecule has 23 heavy (non-hydrogen) atoms. The summed E-state index contributed by atoms with van der Waals surface area (Å²) in [4.78, 5) is 9.18. The maximum atomic E-state index is 5.46. The number of hydrogen-bond donors (Lipinski definition) is 1. The average Bonchev–Trinajstić information content (AvgIpc) is 3.07. The van der Waals surface area contributed by atoms with Crippen LogP contribution in [0.4, 0.5) is 0 Å². The predicted molar refractivity (Wildman–Crippen MR) is 94.0 cm³/mol. The molecular formula is C17H34N4O2. The molecule has 0 aromatic heterocycles. The standard InChI is InChI=1S/C17H34N4O2/c1-18-17(20(2)13-16-6-10-23-14-16)19-12-15-4-7-21(8-5-15)9-11-22-3/h15-16H,4-14H2,1-3H3,(H,18,19). The van der Waals surface area contributed by atoms with Gasteiger partial charge in [-0.2, -0.15) is 0 Å². The van der Waals surface area contributed by atoms with Crippen LogP contribution in [0.5, 0.6) is 0 Å². The summed E-state index contributed by atoms with van der Waals surface area (Å²) in [7, 11) is 5.77. The first-order chi connectivity index (χ1) is 11.2. The van der Waals surface area contributed by atoms with Crippen molar-refractivity contribution in [1.29, 1.82) is 0 Å². The summed E-state index contributed by atoms with van der Waals surface area (Å²) in [5.41, 5.74) is 0. The first-order valence-corrected chi connectivity index (χ1v) is 8.93. The van der Waals surface area contributed by atoms with Crippen molar-refractivity contribution < 1.29 is 9.47 Å². The van der Waals surface area contributed by atoms with Crippen LogP contribution < -0.4 is 5.32 Å². The molecule has 1 atom stereocenters. The van der Waals surface area contributed by atoms with Crippen molar-refractivity contribution in [3.8, 4) is 0 Å². The molecule has 2 saturated heterocycles. The van der Waals surface area contributed by atoms with E-state index < -0.39 is 0 Å². The van der Waals surface area contributed by atoms with E-state index in [1.807, 2.05) is 7.05 Å². The van der Waals surface area contributed by atoms with Crippen molar-refractivity contribution in [3.05, 3.63) is 0 Å². The zero-order chi connectivity index (χ0) is 16.5. The Bertz CT molecular complexity index is 351.